The minimum atomic E-state index is -1.93. The number of para-hydroxylation sites is 2. The van der Waals surface area contributed by atoms with Crippen molar-refractivity contribution in [1.29, 1.82) is 0 Å². The van der Waals surface area contributed by atoms with Gasteiger partial charge in [0.05, 0.1) is 0 Å². The maximum absolute atomic E-state index is 7.07. The highest BCUT2D eigenvalue weighted by Gasteiger charge is 2.42. The van der Waals surface area contributed by atoms with Crippen LogP contribution in [0.1, 0.15) is 79.1 Å². The first-order valence-electron chi connectivity index (χ1n) is 14.1. The van der Waals surface area contributed by atoms with E-state index in [9.17, 15) is 0 Å². The molecule has 2 aromatic rings. The van der Waals surface area contributed by atoms with E-state index >= 15 is 0 Å². The van der Waals surface area contributed by atoms with Gasteiger partial charge in [0.15, 0.2) is 0 Å². The molecule has 4 heteroatoms. The third-order valence-corrected chi connectivity index (χ3v) is 16.4. The second-order valence-corrected chi connectivity index (χ2v) is 18.3. The molecule has 0 aliphatic rings. The van der Waals surface area contributed by atoms with Crippen LogP contribution in [0.4, 0.5) is 0 Å². The van der Waals surface area contributed by atoms with Crippen molar-refractivity contribution in [2.75, 3.05) is 0 Å². The van der Waals surface area contributed by atoms with Gasteiger partial charge in [0.25, 0.3) is 16.6 Å². The quantitative estimate of drug-likeness (QED) is 0.179. The summed E-state index contributed by atoms with van der Waals surface area (Å²) < 4.78 is 14.1. The Morgan fingerprint density at radius 1 is 0.441 bits per heavy atom. The van der Waals surface area contributed by atoms with E-state index in [2.05, 4.69) is 88.4 Å². The van der Waals surface area contributed by atoms with Crippen LogP contribution in [0.2, 0.25) is 36.3 Å². The number of benzene rings is 2. The summed E-state index contributed by atoms with van der Waals surface area (Å²) in [6.07, 6.45) is 10.1. The van der Waals surface area contributed by atoms with Crippen molar-refractivity contribution < 1.29 is 8.85 Å². The van der Waals surface area contributed by atoms with Crippen LogP contribution in [0.5, 0.6) is 11.5 Å². The second kappa shape index (κ2) is 16.2. The normalized spacial score (nSPS) is 12.0. The molecule has 0 heterocycles. The minimum Gasteiger partial charge on any atom is -0.543 e. The van der Waals surface area contributed by atoms with Crippen molar-refractivity contribution in [3.05, 3.63) is 60.7 Å². The van der Waals surface area contributed by atoms with E-state index in [0.717, 1.165) is 11.5 Å². The monoisotopic (exact) mass is 498 g/mol. The first-order valence-corrected chi connectivity index (χ1v) is 19.1. The molecule has 0 saturated heterocycles. The molecule has 0 fully saturated rings. The fraction of sp³-hybridized carbons (Fsp3) is 0.600. The number of hydrogen-bond acceptors (Lipinski definition) is 2. The van der Waals surface area contributed by atoms with Crippen LogP contribution in [-0.4, -0.2) is 16.6 Å². The van der Waals surface area contributed by atoms with Crippen LogP contribution in [0.15, 0.2) is 60.7 Å². The molecule has 0 atom stereocenters. The van der Waals surface area contributed by atoms with Crippen molar-refractivity contribution in [2.24, 2.45) is 0 Å². The van der Waals surface area contributed by atoms with Gasteiger partial charge in [-0.25, -0.2) is 0 Å². The summed E-state index contributed by atoms with van der Waals surface area (Å²) in [5.41, 5.74) is 0. The SMILES string of the molecule is CCCC[Si](CCCC)(CC[Si](CCCC)(CCCC)Oc1ccccc1)Oc1ccccc1. The Hall–Kier alpha value is -1.53. The zero-order valence-electron chi connectivity index (χ0n) is 22.5. The van der Waals surface area contributed by atoms with E-state index in [1.165, 1.54) is 87.6 Å². The van der Waals surface area contributed by atoms with Gasteiger partial charge < -0.3 is 8.85 Å². The largest absolute Gasteiger partial charge is 0.543 e. The fourth-order valence-corrected chi connectivity index (χ4v) is 16.0. The Morgan fingerprint density at radius 3 is 1.00 bits per heavy atom. The molecule has 2 aromatic carbocycles. The van der Waals surface area contributed by atoms with Crippen LogP contribution >= 0.6 is 0 Å². The number of hydrogen-bond donors (Lipinski definition) is 0. The molecule has 0 aliphatic carbocycles. The Kier molecular flexibility index (Phi) is 13.7. The van der Waals surface area contributed by atoms with Gasteiger partial charge in [-0.1, -0.05) is 115 Å². The Balaban J connectivity index is 2.34. The van der Waals surface area contributed by atoms with Crippen LogP contribution in [0, 0.1) is 0 Å². The summed E-state index contributed by atoms with van der Waals surface area (Å²) in [6, 6.07) is 28.9. The van der Waals surface area contributed by atoms with Crippen molar-refractivity contribution in [2.45, 2.75) is 115 Å². The molecule has 34 heavy (non-hydrogen) atoms. The van der Waals surface area contributed by atoms with E-state index in [1.807, 2.05) is 0 Å². The third kappa shape index (κ3) is 9.99. The highest BCUT2D eigenvalue weighted by atomic mass is 28.4. The Morgan fingerprint density at radius 2 is 0.735 bits per heavy atom. The van der Waals surface area contributed by atoms with Crippen LogP contribution < -0.4 is 8.85 Å². The lowest BCUT2D eigenvalue weighted by molar-refractivity contribution is 0.500. The fourth-order valence-electron chi connectivity index (χ4n) is 4.98. The Bertz CT molecular complexity index is 669. The van der Waals surface area contributed by atoms with Gasteiger partial charge in [-0.05, 0) is 60.5 Å². The molecule has 190 valence electrons. The van der Waals surface area contributed by atoms with Gasteiger partial charge >= 0.3 is 0 Å². The Labute approximate surface area is 212 Å². The zero-order chi connectivity index (χ0) is 24.5. The topological polar surface area (TPSA) is 18.5 Å². The van der Waals surface area contributed by atoms with E-state index < -0.39 is 16.6 Å². The first-order chi connectivity index (χ1) is 16.6. The molecule has 0 aliphatic heterocycles. The maximum atomic E-state index is 7.07. The molecular formula is C30H50O2Si2. The van der Waals surface area contributed by atoms with Crippen molar-refractivity contribution in [3.63, 3.8) is 0 Å². The van der Waals surface area contributed by atoms with E-state index in [0.29, 0.717) is 0 Å². The van der Waals surface area contributed by atoms with Gasteiger partial charge in [0.1, 0.15) is 11.5 Å². The molecule has 0 unspecified atom stereocenters. The van der Waals surface area contributed by atoms with E-state index in [-0.39, 0.29) is 0 Å². The lowest BCUT2D eigenvalue weighted by atomic mass is 10.3. The van der Waals surface area contributed by atoms with Gasteiger partial charge in [-0.3, -0.25) is 0 Å². The molecular weight excluding hydrogens is 449 g/mol. The zero-order valence-corrected chi connectivity index (χ0v) is 24.5. The van der Waals surface area contributed by atoms with Gasteiger partial charge in [0, 0.05) is 0 Å². The van der Waals surface area contributed by atoms with Crippen molar-refractivity contribution in [1.82, 2.24) is 0 Å². The predicted octanol–water partition coefficient (Wildman–Crippen LogP) is 10.2. The van der Waals surface area contributed by atoms with Crippen molar-refractivity contribution in [3.8, 4) is 11.5 Å². The molecule has 0 spiro atoms. The summed E-state index contributed by atoms with van der Waals surface area (Å²) in [4.78, 5) is 0. The summed E-state index contributed by atoms with van der Waals surface area (Å²) >= 11 is 0. The molecule has 0 amide bonds. The highest BCUT2D eigenvalue weighted by molar-refractivity contribution is 6.79. The van der Waals surface area contributed by atoms with E-state index in [1.54, 1.807) is 0 Å². The lowest BCUT2D eigenvalue weighted by Gasteiger charge is -2.38. The van der Waals surface area contributed by atoms with Gasteiger partial charge in [-0.2, -0.15) is 0 Å². The lowest BCUT2D eigenvalue weighted by Crippen LogP contribution is -2.47. The number of unbranched alkanes of at least 4 members (excludes halogenated alkanes) is 4. The predicted molar refractivity (Wildman–Crippen MR) is 154 cm³/mol. The van der Waals surface area contributed by atoms with Gasteiger partial charge in [0.2, 0.25) is 0 Å². The maximum Gasteiger partial charge on any atom is 0.251 e. The summed E-state index contributed by atoms with van der Waals surface area (Å²) in [5.74, 6) is 2.17. The van der Waals surface area contributed by atoms with Gasteiger partial charge in [-0.15, -0.1) is 0 Å². The molecule has 0 saturated carbocycles. The van der Waals surface area contributed by atoms with Crippen molar-refractivity contribution >= 4 is 16.6 Å². The van der Waals surface area contributed by atoms with Crippen LogP contribution in [0.25, 0.3) is 0 Å². The molecule has 0 N–H and O–H groups in total. The number of rotatable bonds is 19. The molecule has 2 nitrogen and oxygen atoms in total. The third-order valence-electron chi connectivity index (χ3n) is 7.14. The summed E-state index contributed by atoms with van der Waals surface area (Å²) in [6.45, 7) is 9.28. The second-order valence-electron chi connectivity index (χ2n) is 10.1. The molecule has 2 rings (SSSR count). The molecule has 0 radical (unpaired) electrons. The summed E-state index contributed by atoms with van der Waals surface area (Å²) in [5, 5.41) is 0. The average Bonchev–Trinajstić information content (AvgIpc) is 2.88. The smallest absolute Gasteiger partial charge is 0.251 e. The molecule has 0 bridgehead atoms. The standard InChI is InChI=1S/C30H50O2Si2/c1-5-9-23-33(24-10-6-2,31-29-19-15-13-16-20-29)27-28-34(25-11-7-3,26-12-8-4)32-30-21-17-14-18-22-30/h13-22H,5-12,23-28H2,1-4H3. The molecule has 0 aromatic heterocycles. The average molecular weight is 499 g/mol. The highest BCUT2D eigenvalue weighted by Crippen LogP contribution is 2.37. The first kappa shape index (κ1) is 28.7. The van der Waals surface area contributed by atoms with E-state index in [4.69, 9.17) is 8.85 Å². The van der Waals surface area contributed by atoms with Crippen LogP contribution in [0.3, 0.4) is 0 Å². The van der Waals surface area contributed by atoms with Crippen LogP contribution in [-0.2, 0) is 0 Å². The summed E-state index contributed by atoms with van der Waals surface area (Å²) in [7, 11) is -3.86. The minimum absolute atomic E-state index is 1.08.